The Balaban J connectivity index is 1.83. The highest BCUT2D eigenvalue weighted by molar-refractivity contribution is 6.30. The fourth-order valence-corrected chi connectivity index (χ4v) is 2.99. The molecule has 0 atom stereocenters. The van der Waals surface area contributed by atoms with Crippen molar-refractivity contribution in [1.82, 2.24) is 20.0 Å². The lowest BCUT2D eigenvalue weighted by Gasteiger charge is -2.18. The number of nitrogens with zero attached hydrogens (tertiary/aromatic N) is 3. The summed E-state index contributed by atoms with van der Waals surface area (Å²) >= 11 is 5.96. The van der Waals surface area contributed by atoms with Gasteiger partial charge in [-0.1, -0.05) is 25.4 Å². The Hall–Kier alpha value is -2.34. The third-order valence-electron chi connectivity index (χ3n) is 4.32. The Morgan fingerprint density at radius 2 is 1.96 bits per heavy atom. The molecule has 0 aliphatic heterocycles. The van der Waals surface area contributed by atoms with Gasteiger partial charge in [0.1, 0.15) is 0 Å². The van der Waals surface area contributed by atoms with E-state index in [-0.39, 0.29) is 30.3 Å². The lowest BCUT2D eigenvalue weighted by molar-refractivity contribution is -0.121. The Labute approximate surface area is 158 Å². The van der Waals surface area contributed by atoms with Crippen molar-refractivity contribution in [2.75, 3.05) is 13.6 Å². The van der Waals surface area contributed by atoms with Gasteiger partial charge >= 0.3 is 0 Å². The van der Waals surface area contributed by atoms with Crippen LogP contribution in [0.3, 0.4) is 0 Å². The number of rotatable bonds is 6. The van der Waals surface area contributed by atoms with Gasteiger partial charge in [-0.3, -0.25) is 9.59 Å². The topological polar surface area (TPSA) is 67.2 Å². The smallest absolute Gasteiger partial charge is 0.257 e. The van der Waals surface area contributed by atoms with E-state index in [1.54, 1.807) is 30.1 Å². The molecule has 138 valence electrons. The summed E-state index contributed by atoms with van der Waals surface area (Å²) in [6.45, 7) is 4.07. The van der Waals surface area contributed by atoms with Crippen LogP contribution >= 0.6 is 11.6 Å². The molecule has 0 radical (unpaired) electrons. The van der Waals surface area contributed by atoms with Gasteiger partial charge in [0.2, 0.25) is 5.91 Å². The van der Waals surface area contributed by atoms with Crippen LogP contribution in [0.4, 0.5) is 0 Å². The molecule has 3 rings (SSSR count). The maximum atomic E-state index is 12.9. The Morgan fingerprint density at radius 1 is 1.31 bits per heavy atom. The molecule has 1 N–H and O–H groups in total. The van der Waals surface area contributed by atoms with Gasteiger partial charge in [-0.2, -0.15) is 5.10 Å². The minimum Gasteiger partial charge on any atom is -0.352 e. The SMILES string of the molecule is CC(C)c1c(C(=O)N(C)CC(=O)NC2CC2)cnn1-c1ccc(Cl)cc1. The molecule has 1 heterocycles. The number of benzene rings is 1. The first-order valence-electron chi connectivity index (χ1n) is 8.75. The van der Waals surface area contributed by atoms with Crippen LogP contribution in [0, 0.1) is 0 Å². The zero-order valence-corrected chi connectivity index (χ0v) is 16.0. The average molecular weight is 375 g/mol. The van der Waals surface area contributed by atoms with E-state index in [2.05, 4.69) is 10.4 Å². The highest BCUT2D eigenvalue weighted by Crippen LogP contribution is 2.25. The van der Waals surface area contributed by atoms with Crippen LogP contribution in [0.25, 0.3) is 5.69 Å². The molecule has 1 fully saturated rings. The second-order valence-electron chi connectivity index (χ2n) is 6.99. The second kappa shape index (κ2) is 7.50. The summed E-state index contributed by atoms with van der Waals surface area (Å²) in [6, 6.07) is 7.59. The number of carbonyl (C=O) groups is 2. The third kappa shape index (κ3) is 4.07. The summed E-state index contributed by atoms with van der Waals surface area (Å²) in [7, 11) is 1.64. The Bertz CT molecular complexity index is 809. The maximum Gasteiger partial charge on any atom is 0.257 e. The minimum atomic E-state index is -0.208. The van der Waals surface area contributed by atoms with E-state index in [1.807, 2.05) is 26.0 Å². The zero-order valence-electron chi connectivity index (χ0n) is 15.2. The van der Waals surface area contributed by atoms with Crippen LogP contribution in [0.5, 0.6) is 0 Å². The molecular weight excluding hydrogens is 352 g/mol. The van der Waals surface area contributed by atoms with Crippen molar-refractivity contribution in [3.8, 4) is 5.69 Å². The fourth-order valence-electron chi connectivity index (χ4n) is 2.86. The molecule has 1 aromatic heterocycles. The number of carbonyl (C=O) groups excluding carboxylic acids is 2. The Kier molecular flexibility index (Phi) is 5.32. The van der Waals surface area contributed by atoms with Gasteiger partial charge in [0, 0.05) is 18.1 Å². The Morgan fingerprint density at radius 3 is 2.54 bits per heavy atom. The van der Waals surface area contributed by atoms with E-state index in [0.717, 1.165) is 24.2 Å². The van der Waals surface area contributed by atoms with Crippen LogP contribution in [-0.2, 0) is 4.79 Å². The van der Waals surface area contributed by atoms with Crippen molar-refractivity contribution in [2.24, 2.45) is 0 Å². The molecule has 1 aliphatic carbocycles. The molecule has 6 nitrogen and oxygen atoms in total. The molecular formula is C19H23ClN4O2. The van der Waals surface area contributed by atoms with E-state index in [4.69, 9.17) is 11.6 Å². The predicted octanol–water partition coefficient (Wildman–Crippen LogP) is 3.00. The largest absolute Gasteiger partial charge is 0.352 e. The van der Waals surface area contributed by atoms with Crippen LogP contribution in [0.2, 0.25) is 5.02 Å². The molecule has 2 amide bonds. The van der Waals surface area contributed by atoms with Gasteiger partial charge < -0.3 is 10.2 Å². The van der Waals surface area contributed by atoms with E-state index in [1.165, 1.54) is 4.90 Å². The summed E-state index contributed by atoms with van der Waals surface area (Å²) in [5, 5.41) is 7.95. The van der Waals surface area contributed by atoms with Gasteiger partial charge in [0.25, 0.3) is 5.91 Å². The zero-order chi connectivity index (χ0) is 18.8. The van der Waals surface area contributed by atoms with Crippen molar-refractivity contribution >= 4 is 23.4 Å². The van der Waals surface area contributed by atoms with Gasteiger partial charge in [-0.25, -0.2) is 4.68 Å². The number of nitrogens with one attached hydrogen (secondary N) is 1. The van der Waals surface area contributed by atoms with E-state index in [0.29, 0.717) is 10.6 Å². The summed E-state index contributed by atoms with van der Waals surface area (Å²) in [6.07, 6.45) is 3.62. The second-order valence-corrected chi connectivity index (χ2v) is 7.43. The van der Waals surface area contributed by atoms with Crippen molar-refractivity contribution in [3.63, 3.8) is 0 Å². The van der Waals surface area contributed by atoms with Gasteiger partial charge in [-0.15, -0.1) is 0 Å². The summed E-state index contributed by atoms with van der Waals surface area (Å²) in [5.74, 6) is -0.250. The standard InChI is InChI=1S/C19H23ClN4O2/c1-12(2)18-16(10-21-24(18)15-8-4-13(20)5-9-15)19(26)23(3)11-17(25)22-14-6-7-14/h4-5,8-10,12,14H,6-7,11H2,1-3H3,(H,22,25). The summed E-state index contributed by atoms with van der Waals surface area (Å²) < 4.78 is 1.76. The first kappa shape index (κ1) is 18.5. The molecule has 0 saturated heterocycles. The number of halogens is 1. The van der Waals surface area contributed by atoms with Crippen molar-refractivity contribution < 1.29 is 9.59 Å². The maximum absolute atomic E-state index is 12.9. The fraction of sp³-hybridized carbons (Fsp3) is 0.421. The van der Waals surface area contributed by atoms with E-state index < -0.39 is 0 Å². The molecule has 1 aliphatic rings. The van der Waals surface area contributed by atoms with Gasteiger partial charge in [-0.05, 0) is 43.0 Å². The van der Waals surface area contributed by atoms with Crippen molar-refractivity contribution in [3.05, 3.63) is 46.7 Å². The summed E-state index contributed by atoms with van der Waals surface area (Å²) in [4.78, 5) is 26.3. The number of likely N-dealkylation sites (N-methyl/N-ethyl adjacent to an activating group) is 1. The number of hydrogen-bond acceptors (Lipinski definition) is 3. The molecule has 0 spiro atoms. The lowest BCUT2D eigenvalue weighted by atomic mass is 10.0. The predicted molar refractivity (Wildman–Crippen MR) is 101 cm³/mol. The number of aromatic nitrogens is 2. The quantitative estimate of drug-likeness (QED) is 0.845. The van der Waals surface area contributed by atoms with Crippen molar-refractivity contribution in [2.45, 2.75) is 38.6 Å². The molecule has 1 aromatic carbocycles. The molecule has 0 unspecified atom stereocenters. The van der Waals surface area contributed by atoms with Gasteiger partial charge in [0.05, 0.1) is 29.7 Å². The molecule has 0 bridgehead atoms. The molecule has 1 saturated carbocycles. The monoisotopic (exact) mass is 374 g/mol. The van der Waals surface area contributed by atoms with E-state index >= 15 is 0 Å². The highest BCUT2D eigenvalue weighted by atomic mass is 35.5. The number of amides is 2. The van der Waals surface area contributed by atoms with Crippen LogP contribution in [0.15, 0.2) is 30.5 Å². The third-order valence-corrected chi connectivity index (χ3v) is 4.58. The van der Waals surface area contributed by atoms with Gasteiger partial charge in [0.15, 0.2) is 0 Å². The van der Waals surface area contributed by atoms with Crippen molar-refractivity contribution in [1.29, 1.82) is 0 Å². The molecule has 2 aromatic rings. The first-order chi connectivity index (χ1) is 12.4. The number of hydrogen-bond donors (Lipinski definition) is 1. The summed E-state index contributed by atoms with van der Waals surface area (Å²) in [5.41, 5.74) is 2.16. The van der Waals surface area contributed by atoms with Crippen LogP contribution < -0.4 is 5.32 Å². The lowest BCUT2D eigenvalue weighted by Crippen LogP contribution is -2.39. The van der Waals surface area contributed by atoms with E-state index in [9.17, 15) is 9.59 Å². The highest BCUT2D eigenvalue weighted by Gasteiger charge is 2.27. The average Bonchev–Trinajstić information content (AvgIpc) is 3.28. The first-order valence-corrected chi connectivity index (χ1v) is 9.13. The molecule has 7 heteroatoms. The normalized spacial score (nSPS) is 13.7. The van der Waals surface area contributed by atoms with Crippen LogP contribution in [0.1, 0.15) is 48.7 Å². The molecule has 26 heavy (non-hydrogen) atoms. The van der Waals surface area contributed by atoms with Crippen LogP contribution in [-0.4, -0.2) is 46.1 Å². The minimum absolute atomic E-state index is 0.0407.